The zero-order valence-corrected chi connectivity index (χ0v) is 6.99. The summed E-state index contributed by atoms with van der Waals surface area (Å²) in [6, 6.07) is 0. The Morgan fingerprint density at radius 1 is 1.64 bits per heavy atom. The van der Waals surface area contributed by atoms with Gasteiger partial charge in [-0.1, -0.05) is 20.4 Å². The van der Waals surface area contributed by atoms with Gasteiger partial charge in [-0.15, -0.1) is 0 Å². The van der Waals surface area contributed by atoms with Gasteiger partial charge in [-0.05, 0) is 6.72 Å². The lowest BCUT2D eigenvalue weighted by Crippen LogP contribution is -1.79. The third kappa shape index (κ3) is 2.37. The molecule has 1 aromatic heterocycles. The van der Waals surface area contributed by atoms with E-state index in [9.17, 15) is 0 Å². The third-order valence-electron chi connectivity index (χ3n) is 0.986. The molecule has 0 bridgehead atoms. The van der Waals surface area contributed by atoms with Gasteiger partial charge in [0.2, 0.25) is 5.95 Å². The van der Waals surface area contributed by atoms with E-state index in [2.05, 4.69) is 23.3 Å². The summed E-state index contributed by atoms with van der Waals surface area (Å²) in [4.78, 5) is 7.50. The Kier molecular flexibility index (Phi) is 4.73. The van der Waals surface area contributed by atoms with Crippen molar-refractivity contribution in [3.05, 3.63) is 19.0 Å². The first-order valence-electron chi connectivity index (χ1n) is 3.50. The van der Waals surface area contributed by atoms with Crippen LogP contribution in [0.3, 0.4) is 0 Å². The first kappa shape index (κ1) is 9.62. The molecule has 0 amide bonds. The molecule has 1 rings (SSSR count). The Hall–Kier alpha value is -1.38. The summed E-state index contributed by atoms with van der Waals surface area (Å²) in [5.41, 5.74) is 0. The normalized spacial score (nSPS) is 7.82. The highest BCUT2D eigenvalue weighted by Crippen LogP contribution is 2.05. The Balaban J connectivity index is 0.000000461. The number of nitrogens with zero attached hydrogens (tertiary/aromatic N) is 3. The topological polar surface area (TPSA) is 30.2 Å². The van der Waals surface area contributed by atoms with Crippen LogP contribution in [-0.2, 0) is 0 Å². The maximum absolute atomic E-state index is 3.87. The fourth-order valence-electron chi connectivity index (χ4n) is 0.570. The minimum Gasteiger partial charge on any atom is -0.292 e. The van der Waals surface area contributed by atoms with Crippen molar-refractivity contribution in [2.45, 2.75) is 13.8 Å². The molecule has 3 nitrogen and oxygen atoms in total. The van der Waals surface area contributed by atoms with Gasteiger partial charge < -0.3 is 0 Å². The Morgan fingerprint density at radius 2 is 2.27 bits per heavy atom. The SMILES string of the molecule is C=Cn1ccnc1N=C.CC. The third-order valence-corrected chi connectivity index (χ3v) is 0.986. The monoisotopic (exact) mass is 151 g/mol. The summed E-state index contributed by atoms with van der Waals surface area (Å²) >= 11 is 0. The minimum atomic E-state index is 0.574. The lowest BCUT2D eigenvalue weighted by Gasteiger charge is -1.90. The van der Waals surface area contributed by atoms with Gasteiger partial charge in [-0.3, -0.25) is 4.57 Å². The van der Waals surface area contributed by atoms with E-state index in [1.807, 2.05) is 13.8 Å². The van der Waals surface area contributed by atoms with Crippen molar-refractivity contribution in [1.29, 1.82) is 0 Å². The Bertz CT molecular complexity index is 202. The summed E-state index contributed by atoms with van der Waals surface area (Å²) in [5, 5.41) is 0. The summed E-state index contributed by atoms with van der Waals surface area (Å²) < 4.78 is 1.69. The average molecular weight is 151 g/mol. The molecule has 0 radical (unpaired) electrons. The van der Waals surface area contributed by atoms with E-state index < -0.39 is 0 Å². The maximum atomic E-state index is 3.87. The van der Waals surface area contributed by atoms with Crippen LogP contribution in [0.15, 0.2) is 24.0 Å². The van der Waals surface area contributed by atoms with Crippen LogP contribution in [0.2, 0.25) is 0 Å². The number of hydrogen-bond donors (Lipinski definition) is 0. The van der Waals surface area contributed by atoms with E-state index in [1.54, 1.807) is 23.2 Å². The first-order chi connectivity index (χ1) is 5.38. The van der Waals surface area contributed by atoms with Gasteiger partial charge in [0.1, 0.15) is 0 Å². The standard InChI is InChI=1S/C6H7N3.C2H6/c1-3-9-5-4-8-6(9)7-2;1-2/h3-5H,1-2H2;1-2H3. The predicted molar refractivity (Wildman–Crippen MR) is 49.2 cm³/mol. The van der Waals surface area contributed by atoms with Crippen LogP contribution >= 0.6 is 0 Å². The second-order valence-corrected chi connectivity index (χ2v) is 1.48. The molecule has 0 unspecified atom stereocenters. The van der Waals surface area contributed by atoms with Crippen LogP contribution in [0.1, 0.15) is 13.8 Å². The van der Waals surface area contributed by atoms with Crippen molar-refractivity contribution < 1.29 is 0 Å². The molecular formula is C8H13N3. The molecule has 1 heterocycles. The van der Waals surface area contributed by atoms with Crippen molar-refractivity contribution in [1.82, 2.24) is 9.55 Å². The van der Waals surface area contributed by atoms with E-state index in [1.165, 1.54) is 0 Å². The van der Waals surface area contributed by atoms with Crippen LogP contribution in [0.4, 0.5) is 5.95 Å². The predicted octanol–water partition coefficient (Wildman–Crippen LogP) is 2.34. The Morgan fingerprint density at radius 3 is 2.64 bits per heavy atom. The fourth-order valence-corrected chi connectivity index (χ4v) is 0.570. The van der Waals surface area contributed by atoms with Gasteiger partial charge in [0.15, 0.2) is 0 Å². The van der Waals surface area contributed by atoms with Crippen LogP contribution in [0.5, 0.6) is 0 Å². The molecule has 11 heavy (non-hydrogen) atoms. The zero-order valence-electron chi connectivity index (χ0n) is 6.99. The molecule has 0 aliphatic heterocycles. The van der Waals surface area contributed by atoms with Crippen LogP contribution in [-0.4, -0.2) is 16.3 Å². The molecule has 0 fully saturated rings. The van der Waals surface area contributed by atoms with Gasteiger partial charge in [-0.2, -0.15) is 0 Å². The number of imidazole rings is 1. The van der Waals surface area contributed by atoms with Gasteiger partial charge in [0.25, 0.3) is 0 Å². The van der Waals surface area contributed by atoms with Gasteiger partial charge in [-0.25, -0.2) is 9.98 Å². The second-order valence-electron chi connectivity index (χ2n) is 1.48. The van der Waals surface area contributed by atoms with Crippen molar-refractivity contribution in [2.75, 3.05) is 0 Å². The highest BCUT2D eigenvalue weighted by molar-refractivity contribution is 5.39. The molecule has 0 aliphatic rings. The zero-order chi connectivity index (χ0) is 8.69. The maximum Gasteiger partial charge on any atom is 0.233 e. The van der Waals surface area contributed by atoms with E-state index in [0.29, 0.717) is 5.95 Å². The number of hydrogen-bond acceptors (Lipinski definition) is 2. The summed E-state index contributed by atoms with van der Waals surface area (Å²) in [6.45, 7) is 10.9. The molecule has 0 saturated carbocycles. The highest BCUT2D eigenvalue weighted by atomic mass is 15.1. The minimum absolute atomic E-state index is 0.574. The quantitative estimate of drug-likeness (QED) is 0.597. The van der Waals surface area contributed by atoms with E-state index in [4.69, 9.17) is 0 Å². The largest absolute Gasteiger partial charge is 0.292 e. The van der Waals surface area contributed by atoms with Crippen LogP contribution in [0, 0.1) is 0 Å². The number of rotatable bonds is 2. The van der Waals surface area contributed by atoms with Gasteiger partial charge in [0, 0.05) is 18.6 Å². The van der Waals surface area contributed by atoms with Gasteiger partial charge in [0.05, 0.1) is 0 Å². The molecule has 0 atom stereocenters. The summed E-state index contributed by atoms with van der Waals surface area (Å²) in [5.74, 6) is 0.574. The molecule has 1 aromatic rings. The lowest BCUT2D eigenvalue weighted by atomic mass is 10.8. The molecular weight excluding hydrogens is 138 g/mol. The molecule has 0 spiro atoms. The van der Waals surface area contributed by atoms with Crippen LogP contribution < -0.4 is 0 Å². The Labute approximate surface area is 67.1 Å². The average Bonchev–Trinajstić information content (AvgIpc) is 2.54. The summed E-state index contributed by atoms with van der Waals surface area (Å²) in [6.07, 6.45) is 5.03. The molecule has 0 aromatic carbocycles. The smallest absolute Gasteiger partial charge is 0.233 e. The molecule has 0 N–H and O–H groups in total. The highest BCUT2D eigenvalue weighted by Gasteiger charge is 1.91. The van der Waals surface area contributed by atoms with E-state index >= 15 is 0 Å². The van der Waals surface area contributed by atoms with Crippen molar-refractivity contribution in [3.8, 4) is 0 Å². The number of aromatic nitrogens is 2. The lowest BCUT2D eigenvalue weighted by molar-refractivity contribution is 1.12. The van der Waals surface area contributed by atoms with E-state index in [-0.39, 0.29) is 0 Å². The number of aliphatic imine (C=N–C) groups is 1. The molecule has 0 saturated heterocycles. The first-order valence-corrected chi connectivity index (χ1v) is 3.50. The molecule has 0 aliphatic carbocycles. The molecule has 3 heteroatoms. The van der Waals surface area contributed by atoms with Crippen molar-refractivity contribution in [3.63, 3.8) is 0 Å². The second kappa shape index (κ2) is 5.41. The van der Waals surface area contributed by atoms with Crippen molar-refractivity contribution in [2.24, 2.45) is 4.99 Å². The van der Waals surface area contributed by atoms with Gasteiger partial charge >= 0.3 is 0 Å². The fraction of sp³-hybridized carbons (Fsp3) is 0.250. The van der Waals surface area contributed by atoms with Crippen LogP contribution in [0.25, 0.3) is 6.20 Å². The molecule has 60 valence electrons. The van der Waals surface area contributed by atoms with E-state index in [0.717, 1.165) is 0 Å². The summed E-state index contributed by atoms with van der Waals surface area (Å²) in [7, 11) is 0. The van der Waals surface area contributed by atoms with Crippen molar-refractivity contribution >= 4 is 18.9 Å².